The van der Waals surface area contributed by atoms with Crippen LogP contribution in [0, 0.1) is 0 Å². The molecule has 0 aliphatic carbocycles. The zero-order valence-electron chi connectivity index (χ0n) is 14.4. The van der Waals surface area contributed by atoms with Gasteiger partial charge in [0.25, 0.3) is 0 Å². The third-order valence-corrected chi connectivity index (χ3v) is 4.70. The standard InChI is InChI=1S/C18H23N3O4/c1-2-16(22)21-15(13-25-18(21)24)12-17(23)20-10-8-19(9-11-20)14-6-4-3-5-7-14/h3-7,15H,2,8-13H2,1H3. The normalized spacial score (nSPS) is 20.6. The maximum atomic E-state index is 12.6. The topological polar surface area (TPSA) is 70.2 Å². The minimum absolute atomic E-state index is 0.0371. The third kappa shape index (κ3) is 3.75. The van der Waals surface area contributed by atoms with Gasteiger partial charge in [-0.05, 0) is 12.1 Å². The van der Waals surface area contributed by atoms with E-state index in [0.29, 0.717) is 13.1 Å². The lowest BCUT2D eigenvalue weighted by Gasteiger charge is -2.36. The molecule has 2 aliphatic heterocycles. The Labute approximate surface area is 147 Å². The molecule has 0 aromatic heterocycles. The molecule has 0 spiro atoms. The van der Waals surface area contributed by atoms with Crippen LogP contribution in [-0.2, 0) is 14.3 Å². The molecule has 2 heterocycles. The number of hydrogen-bond donors (Lipinski definition) is 0. The smallest absolute Gasteiger partial charge is 0.416 e. The van der Waals surface area contributed by atoms with Crippen LogP contribution < -0.4 is 4.90 Å². The lowest BCUT2D eigenvalue weighted by molar-refractivity contribution is -0.134. The van der Waals surface area contributed by atoms with Crippen LogP contribution in [0.1, 0.15) is 19.8 Å². The number of benzene rings is 1. The minimum Gasteiger partial charge on any atom is -0.447 e. The highest BCUT2D eigenvalue weighted by atomic mass is 16.6. The van der Waals surface area contributed by atoms with E-state index < -0.39 is 12.1 Å². The second-order valence-electron chi connectivity index (χ2n) is 6.26. The highest BCUT2D eigenvalue weighted by Gasteiger charge is 2.39. The summed E-state index contributed by atoms with van der Waals surface area (Å²) < 4.78 is 4.95. The van der Waals surface area contributed by atoms with E-state index in [9.17, 15) is 14.4 Å². The van der Waals surface area contributed by atoms with Crippen molar-refractivity contribution in [3.8, 4) is 0 Å². The van der Waals surface area contributed by atoms with Crippen LogP contribution in [-0.4, -0.2) is 66.5 Å². The van der Waals surface area contributed by atoms with Crippen molar-refractivity contribution in [3.05, 3.63) is 30.3 Å². The first-order valence-electron chi connectivity index (χ1n) is 8.66. The summed E-state index contributed by atoms with van der Waals surface area (Å²) in [4.78, 5) is 41.3. The zero-order valence-corrected chi connectivity index (χ0v) is 14.4. The van der Waals surface area contributed by atoms with Gasteiger partial charge in [-0.3, -0.25) is 9.59 Å². The first-order chi connectivity index (χ1) is 12.1. The second kappa shape index (κ2) is 7.55. The number of hydrogen-bond acceptors (Lipinski definition) is 5. The van der Waals surface area contributed by atoms with Gasteiger partial charge in [0.05, 0.1) is 12.5 Å². The van der Waals surface area contributed by atoms with Crippen LogP contribution >= 0.6 is 0 Å². The van der Waals surface area contributed by atoms with E-state index in [0.717, 1.165) is 23.7 Å². The van der Waals surface area contributed by atoms with Gasteiger partial charge in [-0.2, -0.15) is 0 Å². The predicted octanol–water partition coefficient (Wildman–Crippen LogP) is 1.48. The van der Waals surface area contributed by atoms with Crippen molar-refractivity contribution in [1.82, 2.24) is 9.80 Å². The molecule has 3 rings (SSSR count). The molecule has 1 aromatic rings. The molecule has 1 atom stereocenters. The van der Waals surface area contributed by atoms with Crippen molar-refractivity contribution in [1.29, 1.82) is 0 Å². The number of nitrogens with zero attached hydrogens (tertiary/aromatic N) is 3. The molecule has 1 unspecified atom stereocenters. The number of anilines is 1. The fraction of sp³-hybridized carbons (Fsp3) is 0.500. The summed E-state index contributed by atoms with van der Waals surface area (Å²) in [6.45, 7) is 4.60. The molecule has 0 radical (unpaired) electrons. The van der Waals surface area contributed by atoms with Gasteiger partial charge < -0.3 is 14.5 Å². The Bertz CT molecular complexity index is 641. The van der Waals surface area contributed by atoms with Crippen molar-refractivity contribution in [2.24, 2.45) is 0 Å². The van der Waals surface area contributed by atoms with Crippen LogP contribution in [0.4, 0.5) is 10.5 Å². The summed E-state index contributed by atoms with van der Waals surface area (Å²) >= 11 is 0. The van der Waals surface area contributed by atoms with E-state index in [1.54, 1.807) is 11.8 Å². The second-order valence-corrected chi connectivity index (χ2v) is 6.26. The van der Waals surface area contributed by atoms with Gasteiger partial charge >= 0.3 is 6.09 Å². The molecular weight excluding hydrogens is 322 g/mol. The van der Waals surface area contributed by atoms with Crippen molar-refractivity contribution in [2.75, 3.05) is 37.7 Å². The van der Waals surface area contributed by atoms with Crippen molar-refractivity contribution < 1.29 is 19.1 Å². The summed E-state index contributed by atoms with van der Waals surface area (Å²) in [5, 5.41) is 0. The van der Waals surface area contributed by atoms with Crippen LogP contribution in [0.25, 0.3) is 0 Å². The Balaban J connectivity index is 1.54. The minimum atomic E-state index is -0.640. The quantitative estimate of drug-likeness (QED) is 0.827. The van der Waals surface area contributed by atoms with Crippen molar-refractivity contribution in [3.63, 3.8) is 0 Å². The molecule has 0 bridgehead atoms. The molecule has 134 valence electrons. The predicted molar refractivity (Wildman–Crippen MR) is 92.1 cm³/mol. The molecular formula is C18H23N3O4. The van der Waals surface area contributed by atoms with Gasteiger partial charge in [0.1, 0.15) is 6.61 Å². The van der Waals surface area contributed by atoms with Crippen molar-refractivity contribution in [2.45, 2.75) is 25.8 Å². The summed E-state index contributed by atoms with van der Waals surface area (Å²) in [6.07, 6.45) is -0.295. The number of carbonyl (C=O) groups is 3. The van der Waals surface area contributed by atoms with E-state index in [4.69, 9.17) is 4.74 Å². The molecule has 25 heavy (non-hydrogen) atoms. The van der Waals surface area contributed by atoms with E-state index in [-0.39, 0.29) is 31.3 Å². The average molecular weight is 345 g/mol. The molecule has 7 heteroatoms. The molecule has 1 aromatic carbocycles. The number of rotatable bonds is 4. The highest BCUT2D eigenvalue weighted by molar-refractivity contribution is 5.94. The maximum absolute atomic E-state index is 12.6. The number of piperazine rings is 1. The van der Waals surface area contributed by atoms with Crippen LogP contribution in [0.5, 0.6) is 0 Å². The molecule has 7 nitrogen and oxygen atoms in total. The summed E-state index contributed by atoms with van der Waals surface area (Å²) in [7, 11) is 0. The van der Waals surface area contributed by atoms with Gasteiger partial charge in [0.15, 0.2) is 0 Å². The summed E-state index contributed by atoms with van der Waals surface area (Å²) in [5.74, 6) is -0.334. The number of ether oxygens (including phenoxy) is 1. The Kier molecular flexibility index (Phi) is 5.21. The Morgan fingerprint density at radius 1 is 1.08 bits per heavy atom. The van der Waals surface area contributed by atoms with E-state index >= 15 is 0 Å². The van der Waals surface area contributed by atoms with Gasteiger partial charge in [-0.1, -0.05) is 25.1 Å². The molecule has 0 saturated carbocycles. The number of amides is 3. The van der Waals surface area contributed by atoms with Crippen molar-refractivity contribution >= 4 is 23.6 Å². The Morgan fingerprint density at radius 3 is 2.40 bits per heavy atom. The van der Waals surface area contributed by atoms with E-state index in [1.165, 1.54) is 0 Å². The zero-order chi connectivity index (χ0) is 17.8. The lowest BCUT2D eigenvalue weighted by atomic mass is 10.1. The van der Waals surface area contributed by atoms with Gasteiger partial charge in [-0.25, -0.2) is 9.69 Å². The molecule has 3 amide bonds. The van der Waals surface area contributed by atoms with Crippen LogP contribution in [0.3, 0.4) is 0 Å². The first-order valence-corrected chi connectivity index (χ1v) is 8.66. The number of carbonyl (C=O) groups excluding carboxylic acids is 3. The molecule has 0 N–H and O–H groups in total. The Hall–Kier alpha value is -2.57. The van der Waals surface area contributed by atoms with E-state index in [1.807, 2.05) is 18.2 Å². The van der Waals surface area contributed by atoms with Gasteiger partial charge in [-0.15, -0.1) is 0 Å². The number of para-hydroxylation sites is 1. The summed E-state index contributed by atoms with van der Waals surface area (Å²) in [6, 6.07) is 9.63. The largest absolute Gasteiger partial charge is 0.447 e. The maximum Gasteiger partial charge on any atom is 0.416 e. The number of cyclic esters (lactones) is 1. The number of imide groups is 1. The fourth-order valence-corrected chi connectivity index (χ4v) is 3.27. The first kappa shape index (κ1) is 17.3. The SMILES string of the molecule is CCC(=O)N1C(=O)OCC1CC(=O)N1CCN(c2ccccc2)CC1. The van der Waals surface area contributed by atoms with Gasteiger partial charge in [0, 0.05) is 38.3 Å². The van der Waals surface area contributed by atoms with Crippen LogP contribution in [0.15, 0.2) is 30.3 Å². The molecule has 2 fully saturated rings. The lowest BCUT2D eigenvalue weighted by Crippen LogP contribution is -2.50. The fourth-order valence-electron chi connectivity index (χ4n) is 3.27. The average Bonchev–Trinajstić information content (AvgIpc) is 3.02. The molecule has 2 aliphatic rings. The molecule has 2 saturated heterocycles. The van der Waals surface area contributed by atoms with Gasteiger partial charge in [0.2, 0.25) is 11.8 Å². The highest BCUT2D eigenvalue weighted by Crippen LogP contribution is 2.20. The third-order valence-electron chi connectivity index (χ3n) is 4.70. The monoisotopic (exact) mass is 345 g/mol. The Morgan fingerprint density at radius 2 is 1.76 bits per heavy atom. The van der Waals surface area contributed by atoms with Crippen LogP contribution in [0.2, 0.25) is 0 Å². The van der Waals surface area contributed by atoms with E-state index in [2.05, 4.69) is 17.0 Å². The summed E-state index contributed by atoms with van der Waals surface area (Å²) in [5.41, 5.74) is 1.16.